The van der Waals surface area contributed by atoms with E-state index in [1.54, 1.807) is 11.0 Å². The molecule has 26 heavy (non-hydrogen) atoms. The SMILES string of the molecule is CCCN1CCN(C2CCN(C(=O)c3ccc(OC)c(F)c3)CC2)C1=O. The van der Waals surface area contributed by atoms with Gasteiger partial charge in [-0.3, -0.25) is 4.79 Å². The number of hydrogen-bond donors (Lipinski definition) is 0. The van der Waals surface area contributed by atoms with Crippen LogP contribution in [0.25, 0.3) is 0 Å². The first-order valence-electron chi connectivity index (χ1n) is 9.23. The number of benzene rings is 1. The van der Waals surface area contributed by atoms with Gasteiger partial charge in [-0.25, -0.2) is 9.18 Å². The van der Waals surface area contributed by atoms with Crippen LogP contribution in [0.2, 0.25) is 0 Å². The van der Waals surface area contributed by atoms with Crippen molar-refractivity contribution in [1.29, 1.82) is 0 Å². The standard InChI is InChI=1S/C19H26FN3O3/c1-3-8-22-11-12-23(19(22)25)15-6-9-21(10-7-15)18(24)14-4-5-17(26-2)16(20)13-14/h4-5,13,15H,3,6-12H2,1-2H3. The summed E-state index contributed by atoms with van der Waals surface area (Å²) in [4.78, 5) is 30.6. The molecule has 7 heteroatoms. The Morgan fingerprint density at radius 3 is 2.58 bits per heavy atom. The number of carbonyl (C=O) groups is 2. The molecule has 3 rings (SSSR count). The van der Waals surface area contributed by atoms with Crippen molar-refractivity contribution >= 4 is 11.9 Å². The summed E-state index contributed by atoms with van der Waals surface area (Å²) in [5, 5.41) is 0. The lowest BCUT2D eigenvalue weighted by Gasteiger charge is -2.36. The molecule has 142 valence electrons. The highest BCUT2D eigenvalue weighted by Crippen LogP contribution is 2.24. The third-order valence-electron chi connectivity index (χ3n) is 5.21. The average molecular weight is 363 g/mol. The first-order valence-corrected chi connectivity index (χ1v) is 9.23. The first-order chi connectivity index (χ1) is 12.5. The molecule has 1 aromatic carbocycles. The van der Waals surface area contributed by atoms with E-state index in [0.717, 1.165) is 38.9 Å². The lowest BCUT2D eigenvalue weighted by atomic mass is 10.0. The van der Waals surface area contributed by atoms with Crippen LogP contribution >= 0.6 is 0 Å². The van der Waals surface area contributed by atoms with Crippen LogP contribution in [-0.2, 0) is 0 Å². The van der Waals surface area contributed by atoms with Crippen LogP contribution in [0, 0.1) is 5.82 Å². The Kier molecular flexibility index (Phi) is 5.64. The molecule has 2 fully saturated rings. The molecule has 1 aromatic rings. The van der Waals surface area contributed by atoms with Crippen LogP contribution < -0.4 is 4.74 Å². The van der Waals surface area contributed by atoms with Gasteiger partial charge in [0.2, 0.25) is 0 Å². The van der Waals surface area contributed by atoms with Crippen LogP contribution in [-0.4, -0.2) is 72.5 Å². The average Bonchev–Trinajstić information content (AvgIpc) is 3.02. The quantitative estimate of drug-likeness (QED) is 0.808. The predicted octanol–water partition coefficient (Wildman–Crippen LogP) is 2.59. The largest absolute Gasteiger partial charge is 0.494 e. The molecule has 6 nitrogen and oxygen atoms in total. The summed E-state index contributed by atoms with van der Waals surface area (Å²) in [5.41, 5.74) is 0.327. The summed E-state index contributed by atoms with van der Waals surface area (Å²) in [7, 11) is 1.39. The highest BCUT2D eigenvalue weighted by Gasteiger charge is 2.35. The Morgan fingerprint density at radius 2 is 1.96 bits per heavy atom. The Morgan fingerprint density at radius 1 is 1.23 bits per heavy atom. The van der Waals surface area contributed by atoms with Crippen LogP contribution in [0.3, 0.4) is 0 Å². The number of amides is 3. The van der Waals surface area contributed by atoms with Crippen molar-refractivity contribution in [3.8, 4) is 5.75 Å². The van der Waals surface area contributed by atoms with E-state index in [4.69, 9.17) is 4.74 Å². The van der Waals surface area contributed by atoms with Crippen LogP contribution in [0.1, 0.15) is 36.5 Å². The molecule has 0 radical (unpaired) electrons. The Balaban J connectivity index is 1.57. The fourth-order valence-electron chi connectivity index (χ4n) is 3.78. The second kappa shape index (κ2) is 7.93. The van der Waals surface area contributed by atoms with Gasteiger partial charge in [-0.2, -0.15) is 0 Å². The Bertz CT molecular complexity index is 674. The molecule has 3 amide bonds. The molecule has 2 aliphatic rings. The predicted molar refractivity (Wildman–Crippen MR) is 95.8 cm³/mol. The van der Waals surface area contributed by atoms with E-state index < -0.39 is 5.82 Å². The van der Waals surface area contributed by atoms with E-state index in [-0.39, 0.29) is 23.7 Å². The highest BCUT2D eigenvalue weighted by atomic mass is 19.1. The van der Waals surface area contributed by atoms with Crippen molar-refractivity contribution in [2.45, 2.75) is 32.2 Å². The molecular weight excluding hydrogens is 337 g/mol. The topological polar surface area (TPSA) is 53.1 Å². The minimum Gasteiger partial charge on any atom is -0.494 e. The lowest BCUT2D eigenvalue weighted by molar-refractivity contribution is 0.0663. The summed E-state index contributed by atoms with van der Waals surface area (Å²) in [6, 6.07) is 4.58. The molecule has 0 spiro atoms. The van der Waals surface area contributed by atoms with E-state index in [0.29, 0.717) is 18.7 Å². The maximum atomic E-state index is 13.8. The zero-order valence-electron chi connectivity index (χ0n) is 15.4. The van der Waals surface area contributed by atoms with Crippen molar-refractivity contribution < 1.29 is 18.7 Å². The third-order valence-corrected chi connectivity index (χ3v) is 5.21. The molecule has 0 bridgehead atoms. The van der Waals surface area contributed by atoms with Crippen LogP contribution in [0.15, 0.2) is 18.2 Å². The van der Waals surface area contributed by atoms with Gasteiger partial charge in [0.15, 0.2) is 11.6 Å². The van der Waals surface area contributed by atoms with Crippen molar-refractivity contribution in [3.05, 3.63) is 29.6 Å². The summed E-state index contributed by atoms with van der Waals surface area (Å²) in [6.45, 7) is 5.58. The number of methoxy groups -OCH3 is 1. The lowest BCUT2D eigenvalue weighted by Crippen LogP contribution is -2.48. The van der Waals surface area contributed by atoms with Crippen LogP contribution in [0.4, 0.5) is 9.18 Å². The molecule has 0 N–H and O–H groups in total. The minimum atomic E-state index is -0.535. The zero-order valence-corrected chi connectivity index (χ0v) is 15.4. The number of ether oxygens (including phenoxy) is 1. The molecule has 0 atom stereocenters. The molecule has 0 unspecified atom stereocenters. The smallest absolute Gasteiger partial charge is 0.320 e. The summed E-state index contributed by atoms with van der Waals surface area (Å²) >= 11 is 0. The van der Waals surface area contributed by atoms with E-state index in [9.17, 15) is 14.0 Å². The van der Waals surface area contributed by atoms with Gasteiger partial charge < -0.3 is 19.4 Å². The molecule has 2 heterocycles. The molecular formula is C19H26FN3O3. The number of carbonyl (C=O) groups excluding carboxylic acids is 2. The van der Waals surface area contributed by atoms with Crippen LogP contribution in [0.5, 0.6) is 5.75 Å². The van der Waals surface area contributed by atoms with Gasteiger partial charge >= 0.3 is 6.03 Å². The number of piperidine rings is 1. The molecule has 0 aromatic heterocycles. The fraction of sp³-hybridized carbons (Fsp3) is 0.579. The maximum absolute atomic E-state index is 13.8. The minimum absolute atomic E-state index is 0.119. The second-order valence-electron chi connectivity index (χ2n) is 6.84. The number of urea groups is 1. The van der Waals surface area contributed by atoms with Gasteiger partial charge in [0.25, 0.3) is 5.91 Å². The monoisotopic (exact) mass is 363 g/mol. The van der Waals surface area contributed by atoms with E-state index in [1.807, 2.05) is 9.80 Å². The third kappa shape index (κ3) is 3.61. The summed E-state index contributed by atoms with van der Waals surface area (Å²) < 4.78 is 18.7. The van der Waals surface area contributed by atoms with Crippen molar-refractivity contribution in [3.63, 3.8) is 0 Å². The van der Waals surface area contributed by atoms with Gasteiger partial charge in [-0.15, -0.1) is 0 Å². The van der Waals surface area contributed by atoms with E-state index >= 15 is 0 Å². The summed E-state index contributed by atoms with van der Waals surface area (Å²) in [6.07, 6.45) is 2.48. The number of hydrogen-bond acceptors (Lipinski definition) is 3. The number of halogens is 1. The fourth-order valence-corrected chi connectivity index (χ4v) is 3.78. The second-order valence-corrected chi connectivity index (χ2v) is 6.84. The van der Waals surface area contributed by atoms with Crippen molar-refractivity contribution in [2.24, 2.45) is 0 Å². The number of nitrogens with zero attached hydrogens (tertiary/aromatic N) is 3. The highest BCUT2D eigenvalue weighted by molar-refractivity contribution is 5.94. The molecule has 0 aliphatic carbocycles. The van der Waals surface area contributed by atoms with E-state index in [1.165, 1.54) is 19.2 Å². The van der Waals surface area contributed by atoms with Crippen molar-refractivity contribution in [2.75, 3.05) is 39.8 Å². The van der Waals surface area contributed by atoms with E-state index in [2.05, 4.69) is 6.92 Å². The van der Waals surface area contributed by atoms with Crippen molar-refractivity contribution in [1.82, 2.24) is 14.7 Å². The Hall–Kier alpha value is -2.31. The molecule has 0 saturated carbocycles. The van der Waals surface area contributed by atoms with Gasteiger partial charge in [-0.05, 0) is 37.5 Å². The van der Waals surface area contributed by atoms with Gasteiger partial charge in [0, 0.05) is 44.3 Å². The Labute approximate surface area is 153 Å². The zero-order chi connectivity index (χ0) is 18.7. The molecule has 2 aliphatic heterocycles. The normalized spacial score (nSPS) is 18.6. The summed E-state index contributed by atoms with van der Waals surface area (Å²) in [5.74, 6) is -0.582. The number of likely N-dealkylation sites (tertiary alicyclic amines) is 1. The molecule has 2 saturated heterocycles. The van der Waals surface area contributed by atoms with Gasteiger partial charge in [0.05, 0.1) is 7.11 Å². The first kappa shape index (κ1) is 18.5. The number of rotatable bonds is 5. The van der Waals surface area contributed by atoms with Gasteiger partial charge in [-0.1, -0.05) is 6.92 Å². The maximum Gasteiger partial charge on any atom is 0.320 e. The van der Waals surface area contributed by atoms with Gasteiger partial charge in [0.1, 0.15) is 0 Å².